The fraction of sp³-hybridized carbons (Fsp3) is 0.0714. The lowest BCUT2D eigenvalue weighted by atomic mass is 10.2. The molecule has 0 unspecified atom stereocenters. The van der Waals surface area contributed by atoms with Crippen LogP contribution >= 0.6 is 11.8 Å². The number of non-ortho nitro benzene ring substituents is 1. The second-order valence-electron chi connectivity index (χ2n) is 3.76. The van der Waals surface area contributed by atoms with Crippen molar-refractivity contribution >= 4 is 17.4 Å². The highest BCUT2D eigenvalue weighted by Gasteiger charge is 2.03. The molecule has 0 aliphatic rings. The van der Waals surface area contributed by atoms with Crippen molar-refractivity contribution < 1.29 is 9.66 Å². The van der Waals surface area contributed by atoms with Gasteiger partial charge in [-0.2, -0.15) is 0 Å². The monoisotopic (exact) mass is 274 g/mol. The van der Waals surface area contributed by atoms with Crippen molar-refractivity contribution in [3.05, 3.63) is 76.2 Å². The van der Waals surface area contributed by atoms with Crippen LogP contribution in [-0.4, -0.2) is 4.92 Å². The minimum atomic E-state index is -0.415. The van der Waals surface area contributed by atoms with E-state index in [-0.39, 0.29) is 5.69 Å². The molecule has 0 fully saturated rings. The Morgan fingerprint density at radius 1 is 1.11 bits per heavy atom. The molecular formula is C14H12NO3S. The molecule has 4 nitrogen and oxygen atoms in total. The van der Waals surface area contributed by atoms with Crippen LogP contribution in [0.25, 0.3) is 0 Å². The molecule has 19 heavy (non-hydrogen) atoms. The van der Waals surface area contributed by atoms with E-state index in [0.717, 1.165) is 10.5 Å². The summed E-state index contributed by atoms with van der Waals surface area (Å²) in [6.45, 7) is 0.401. The molecule has 0 aliphatic heterocycles. The van der Waals surface area contributed by atoms with Crippen LogP contribution in [-0.2, 0) is 11.3 Å². The Kier molecular flexibility index (Phi) is 4.94. The molecule has 0 saturated carbocycles. The zero-order valence-electron chi connectivity index (χ0n) is 10.1. The third-order valence-corrected chi connectivity index (χ3v) is 3.17. The van der Waals surface area contributed by atoms with Crippen molar-refractivity contribution in [1.82, 2.24) is 0 Å². The van der Waals surface area contributed by atoms with Crippen LogP contribution in [0.3, 0.4) is 0 Å². The van der Waals surface area contributed by atoms with Gasteiger partial charge in [0, 0.05) is 17.0 Å². The minimum Gasteiger partial charge on any atom is -0.359 e. The van der Waals surface area contributed by atoms with Crippen LogP contribution in [0.1, 0.15) is 5.56 Å². The first-order chi connectivity index (χ1) is 9.25. The number of nitrogens with zero attached hydrogens (tertiary/aromatic N) is 1. The molecule has 0 saturated heterocycles. The summed E-state index contributed by atoms with van der Waals surface area (Å²) in [5, 5.41) is 10.5. The number of nitro benzene ring substituents is 1. The zero-order valence-corrected chi connectivity index (χ0v) is 10.9. The molecule has 2 aromatic carbocycles. The lowest BCUT2D eigenvalue weighted by molar-refractivity contribution is -0.384. The largest absolute Gasteiger partial charge is 0.359 e. The molecule has 0 aromatic heterocycles. The van der Waals surface area contributed by atoms with Crippen molar-refractivity contribution in [2.45, 2.75) is 11.5 Å². The minimum absolute atomic E-state index is 0.0893. The Balaban J connectivity index is 1.75. The van der Waals surface area contributed by atoms with Gasteiger partial charge >= 0.3 is 0 Å². The zero-order chi connectivity index (χ0) is 13.5. The Bertz CT molecular complexity index is 528. The summed E-state index contributed by atoms with van der Waals surface area (Å²) in [4.78, 5) is 11.2. The third kappa shape index (κ3) is 4.39. The van der Waals surface area contributed by atoms with Crippen LogP contribution in [0.15, 0.2) is 59.5 Å². The number of rotatable bonds is 6. The molecule has 2 aromatic rings. The smallest absolute Gasteiger partial charge is 0.269 e. The maximum absolute atomic E-state index is 10.5. The van der Waals surface area contributed by atoms with Gasteiger partial charge in [0.15, 0.2) is 0 Å². The average molecular weight is 274 g/mol. The summed E-state index contributed by atoms with van der Waals surface area (Å²) in [7, 11) is 0. The molecule has 0 amide bonds. The molecule has 0 spiro atoms. The number of thioether (sulfide) groups is 1. The first-order valence-electron chi connectivity index (χ1n) is 5.64. The quantitative estimate of drug-likeness (QED) is 0.345. The topological polar surface area (TPSA) is 52.4 Å². The summed E-state index contributed by atoms with van der Waals surface area (Å²) in [6.07, 6.45) is 0. The van der Waals surface area contributed by atoms with E-state index in [1.54, 1.807) is 18.1 Å². The van der Waals surface area contributed by atoms with E-state index in [1.165, 1.54) is 23.9 Å². The van der Waals surface area contributed by atoms with Gasteiger partial charge in [0.2, 0.25) is 0 Å². The first-order valence-corrected chi connectivity index (χ1v) is 6.52. The lowest BCUT2D eigenvalue weighted by Gasteiger charge is -2.03. The molecule has 0 bridgehead atoms. The predicted molar refractivity (Wildman–Crippen MR) is 74.5 cm³/mol. The van der Waals surface area contributed by atoms with E-state index < -0.39 is 4.92 Å². The van der Waals surface area contributed by atoms with Gasteiger partial charge in [-0.3, -0.25) is 10.1 Å². The number of hydrogen-bond donors (Lipinski definition) is 0. The van der Waals surface area contributed by atoms with Crippen LogP contribution in [0.2, 0.25) is 0 Å². The maximum Gasteiger partial charge on any atom is 0.269 e. The Hall–Kier alpha value is -1.85. The van der Waals surface area contributed by atoms with Crippen molar-refractivity contribution in [3.63, 3.8) is 0 Å². The second-order valence-corrected chi connectivity index (χ2v) is 4.66. The van der Waals surface area contributed by atoms with Gasteiger partial charge in [-0.15, -0.1) is 0 Å². The number of nitro groups is 1. The van der Waals surface area contributed by atoms with Gasteiger partial charge in [0.05, 0.1) is 11.5 Å². The van der Waals surface area contributed by atoms with Gasteiger partial charge in [-0.25, -0.2) is 0 Å². The summed E-state index contributed by atoms with van der Waals surface area (Å²) in [6, 6.07) is 16.2. The van der Waals surface area contributed by atoms with Gasteiger partial charge in [-0.1, -0.05) is 30.0 Å². The molecule has 2 rings (SSSR count). The number of benzene rings is 2. The molecule has 0 atom stereocenters. The van der Waals surface area contributed by atoms with E-state index in [9.17, 15) is 10.1 Å². The first kappa shape index (κ1) is 13.6. The molecule has 1 radical (unpaired) electrons. The van der Waals surface area contributed by atoms with Crippen molar-refractivity contribution in [3.8, 4) is 0 Å². The third-order valence-electron chi connectivity index (χ3n) is 2.39. The highest BCUT2D eigenvalue weighted by Crippen LogP contribution is 2.21. The van der Waals surface area contributed by atoms with Gasteiger partial charge in [0.1, 0.15) is 5.94 Å². The molecule has 5 heteroatoms. The molecule has 97 valence electrons. The molecule has 0 aliphatic carbocycles. The van der Waals surface area contributed by atoms with Gasteiger partial charge < -0.3 is 4.74 Å². The SMILES string of the molecule is O=[N+]([O-])c1ccc(CO[CH]Sc2ccccc2)cc1. The van der Waals surface area contributed by atoms with E-state index in [1.807, 2.05) is 30.3 Å². The number of ether oxygens (including phenoxy) is 1. The summed E-state index contributed by atoms with van der Waals surface area (Å²) in [5.74, 6) is 1.66. The highest BCUT2D eigenvalue weighted by molar-refractivity contribution is 8.01. The Morgan fingerprint density at radius 2 is 1.79 bits per heavy atom. The Labute approximate surface area is 115 Å². The normalized spacial score (nSPS) is 10.3. The van der Waals surface area contributed by atoms with E-state index in [4.69, 9.17) is 4.74 Å². The molecular weight excluding hydrogens is 262 g/mol. The lowest BCUT2D eigenvalue weighted by Crippen LogP contribution is -1.91. The van der Waals surface area contributed by atoms with E-state index in [2.05, 4.69) is 0 Å². The van der Waals surface area contributed by atoms with Crippen LogP contribution in [0.4, 0.5) is 5.69 Å². The van der Waals surface area contributed by atoms with Crippen molar-refractivity contribution in [2.75, 3.05) is 0 Å². The fourth-order valence-electron chi connectivity index (χ4n) is 1.43. The number of hydrogen-bond acceptors (Lipinski definition) is 4. The average Bonchev–Trinajstić information content (AvgIpc) is 2.45. The van der Waals surface area contributed by atoms with E-state index in [0.29, 0.717) is 6.61 Å². The van der Waals surface area contributed by atoms with Gasteiger partial charge in [-0.05, 0) is 29.8 Å². The maximum atomic E-state index is 10.5. The predicted octanol–water partition coefficient (Wildman–Crippen LogP) is 4.02. The van der Waals surface area contributed by atoms with Crippen LogP contribution < -0.4 is 0 Å². The van der Waals surface area contributed by atoms with Crippen LogP contribution in [0, 0.1) is 16.1 Å². The highest BCUT2D eigenvalue weighted by atomic mass is 32.2. The molecule has 0 heterocycles. The summed E-state index contributed by atoms with van der Waals surface area (Å²) in [5.41, 5.74) is 0.988. The molecule has 0 N–H and O–H groups in total. The summed E-state index contributed by atoms with van der Waals surface area (Å²) >= 11 is 1.49. The fourth-order valence-corrected chi connectivity index (χ4v) is 1.99. The summed E-state index contributed by atoms with van der Waals surface area (Å²) < 4.78 is 5.39. The van der Waals surface area contributed by atoms with Crippen LogP contribution in [0.5, 0.6) is 0 Å². The van der Waals surface area contributed by atoms with Gasteiger partial charge in [0.25, 0.3) is 5.69 Å². The van der Waals surface area contributed by atoms with Crippen molar-refractivity contribution in [2.24, 2.45) is 0 Å². The standard InChI is InChI=1S/C14H12NO3S/c16-15(17)13-8-6-12(7-9-13)10-18-11-19-14-4-2-1-3-5-14/h1-9,11H,10H2. The second kappa shape index (κ2) is 6.92. The van der Waals surface area contributed by atoms with E-state index >= 15 is 0 Å². The Morgan fingerprint density at radius 3 is 2.42 bits per heavy atom. The van der Waals surface area contributed by atoms with Crippen molar-refractivity contribution in [1.29, 1.82) is 0 Å².